The molecule has 0 amide bonds. The predicted molar refractivity (Wildman–Crippen MR) is 69.8 cm³/mol. The summed E-state index contributed by atoms with van der Waals surface area (Å²) < 4.78 is 10.6. The molecule has 0 unspecified atom stereocenters. The lowest BCUT2D eigenvalue weighted by Crippen LogP contribution is -2.15. The van der Waals surface area contributed by atoms with Crippen LogP contribution in [-0.4, -0.2) is 26.6 Å². The molecule has 0 aliphatic rings. The Kier molecular flexibility index (Phi) is 5.49. The summed E-state index contributed by atoms with van der Waals surface area (Å²) in [7, 11) is 3.35. The van der Waals surface area contributed by atoms with E-state index < -0.39 is 0 Å². The first-order valence-electron chi connectivity index (χ1n) is 5.26. The Morgan fingerprint density at radius 3 is 2.56 bits per heavy atom. The summed E-state index contributed by atoms with van der Waals surface area (Å²) >= 11 is 4.11. The summed E-state index contributed by atoms with van der Waals surface area (Å²) in [6.07, 6.45) is 0.930. The lowest BCUT2D eigenvalue weighted by molar-refractivity contribution is 0.390. The number of nitrogens with one attached hydrogen (secondary N) is 1. The number of ether oxygens (including phenoxy) is 2. The molecule has 3 nitrogen and oxygen atoms in total. The van der Waals surface area contributed by atoms with Crippen molar-refractivity contribution in [1.29, 1.82) is 0 Å². The van der Waals surface area contributed by atoms with E-state index in [1.165, 1.54) is 11.1 Å². The molecule has 0 atom stereocenters. The van der Waals surface area contributed by atoms with Crippen molar-refractivity contribution >= 4 is 12.6 Å². The highest BCUT2D eigenvalue weighted by molar-refractivity contribution is 7.80. The van der Waals surface area contributed by atoms with Crippen LogP contribution < -0.4 is 14.8 Å². The van der Waals surface area contributed by atoms with Crippen molar-refractivity contribution in [1.82, 2.24) is 5.32 Å². The Balaban J connectivity index is 2.88. The van der Waals surface area contributed by atoms with Crippen LogP contribution >= 0.6 is 12.6 Å². The maximum atomic E-state index is 5.37. The van der Waals surface area contributed by atoms with E-state index in [1.807, 2.05) is 12.1 Å². The normalized spacial score (nSPS) is 10.2. The minimum absolute atomic E-state index is 0.692. The molecule has 1 N–H and O–H groups in total. The molecule has 90 valence electrons. The summed E-state index contributed by atoms with van der Waals surface area (Å²) in [5, 5.41) is 3.18. The van der Waals surface area contributed by atoms with Crippen molar-refractivity contribution in [2.24, 2.45) is 0 Å². The molecular formula is C12H19NO2S. The van der Waals surface area contributed by atoms with Crippen molar-refractivity contribution in [2.45, 2.75) is 13.3 Å². The Morgan fingerprint density at radius 1 is 1.25 bits per heavy atom. The highest BCUT2D eigenvalue weighted by Crippen LogP contribution is 2.28. The Hall–Kier alpha value is -0.870. The quantitative estimate of drug-likeness (QED) is 0.454. The SMILES string of the molecule is COc1cc(C)c(CCNCS)c(OC)c1. The highest BCUT2D eigenvalue weighted by atomic mass is 32.1. The van der Waals surface area contributed by atoms with Gasteiger partial charge in [-0.3, -0.25) is 0 Å². The molecule has 4 heteroatoms. The third-order valence-corrected chi connectivity index (χ3v) is 2.75. The van der Waals surface area contributed by atoms with Crippen molar-refractivity contribution in [3.8, 4) is 11.5 Å². The van der Waals surface area contributed by atoms with Crippen LogP contribution in [0, 0.1) is 6.92 Å². The molecule has 16 heavy (non-hydrogen) atoms. The average molecular weight is 241 g/mol. The molecular weight excluding hydrogens is 222 g/mol. The van der Waals surface area contributed by atoms with Crippen molar-refractivity contribution in [3.05, 3.63) is 23.3 Å². The Labute approximate surface area is 103 Å². The fourth-order valence-electron chi connectivity index (χ4n) is 1.67. The van der Waals surface area contributed by atoms with Gasteiger partial charge in [0.15, 0.2) is 0 Å². The number of benzene rings is 1. The monoisotopic (exact) mass is 241 g/mol. The molecule has 0 saturated carbocycles. The molecule has 0 aromatic heterocycles. The summed E-state index contributed by atoms with van der Waals surface area (Å²) in [6, 6.07) is 3.95. The van der Waals surface area contributed by atoms with Gasteiger partial charge in [-0.2, -0.15) is 12.6 Å². The van der Waals surface area contributed by atoms with Gasteiger partial charge in [0.05, 0.1) is 14.2 Å². The fraction of sp³-hybridized carbons (Fsp3) is 0.500. The molecule has 0 aliphatic heterocycles. The molecule has 0 saturated heterocycles. The van der Waals surface area contributed by atoms with E-state index in [-0.39, 0.29) is 0 Å². The van der Waals surface area contributed by atoms with E-state index in [0.717, 1.165) is 24.5 Å². The van der Waals surface area contributed by atoms with Crippen LogP contribution in [0.4, 0.5) is 0 Å². The van der Waals surface area contributed by atoms with Crippen LogP contribution in [0.25, 0.3) is 0 Å². The van der Waals surface area contributed by atoms with Crippen LogP contribution in [0.2, 0.25) is 0 Å². The maximum Gasteiger partial charge on any atom is 0.126 e. The zero-order valence-corrected chi connectivity index (χ0v) is 10.9. The van der Waals surface area contributed by atoms with Crippen molar-refractivity contribution in [2.75, 3.05) is 26.6 Å². The lowest BCUT2D eigenvalue weighted by Gasteiger charge is -2.13. The summed E-state index contributed by atoms with van der Waals surface area (Å²) in [4.78, 5) is 0. The van der Waals surface area contributed by atoms with E-state index >= 15 is 0 Å². The van der Waals surface area contributed by atoms with E-state index in [1.54, 1.807) is 14.2 Å². The van der Waals surface area contributed by atoms with Gasteiger partial charge in [-0.05, 0) is 30.5 Å². The second-order valence-corrected chi connectivity index (χ2v) is 3.85. The number of hydrogen-bond acceptors (Lipinski definition) is 4. The molecule has 0 heterocycles. The maximum absolute atomic E-state index is 5.37. The van der Waals surface area contributed by atoms with Crippen molar-refractivity contribution < 1.29 is 9.47 Å². The number of rotatable bonds is 6. The predicted octanol–water partition coefficient (Wildman–Crippen LogP) is 2.03. The standard InChI is InChI=1S/C12H19NO2S/c1-9-6-10(14-2)7-12(15-3)11(9)4-5-13-8-16/h6-7,13,16H,4-5,8H2,1-3H3. The van der Waals surface area contributed by atoms with Crippen LogP contribution in [0.15, 0.2) is 12.1 Å². The second-order valence-electron chi connectivity index (χ2n) is 3.53. The lowest BCUT2D eigenvalue weighted by atomic mass is 10.0. The zero-order chi connectivity index (χ0) is 12.0. The van der Waals surface area contributed by atoms with Crippen LogP contribution in [0.3, 0.4) is 0 Å². The van der Waals surface area contributed by atoms with E-state index in [4.69, 9.17) is 9.47 Å². The smallest absolute Gasteiger partial charge is 0.126 e. The topological polar surface area (TPSA) is 30.5 Å². The highest BCUT2D eigenvalue weighted by Gasteiger charge is 2.08. The largest absolute Gasteiger partial charge is 0.497 e. The fourth-order valence-corrected chi connectivity index (χ4v) is 1.82. The molecule has 0 radical (unpaired) electrons. The Morgan fingerprint density at radius 2 is 2.00 bits per heavy atom. The number of methoxy groups -OCH3 is 2. The van der Waals surface area contributed by atoms with Gasteiger partial charge in [-0.15, -0.1) is 0 Å². The van der Waals surface area contributed by atoms with Gasteiger partial charge in [0.2, 0.25) is 0 Å². The van der Waals surface area contributed by atoms with Gasteiger partial charge in [-0.25, -0.2) is 0 Å². The van der Waals surface area contributed by atoms with Gasteiger partial charge < -0.3 is 14.8 Å². The third kappa shape index (κ3) is 3.32. The molecule has 0 fully saturated rings. The number of thiol groups is 1. The first-order chi connectivity index (χ1) is 7.72. The summed E-state index contributed by atoms with van der Waals surface area (Å²) in [5.74, 6) is 2.41. The minimum atomic E-state index is 0.692. The van der Waals surface area contributed by atoms with Crippen LogP contribution in [-0.2, 0) is 6.42 Å². The Bertz CT molecular complexity index is 342. The second kappa shape index (κ2) is 6.66. The van der Waals surface area contributed by atoms with Crippen LogP contribution in [0.1, 0.15) is 11.1 Å². The summed E-state index contributed by atoms with van der Waals surface area (Å²) in [6.45, 7) is 2.97. The first-order valence-corrected chi connectivity index (χ1v) is 5.89. The van der Waals surface area contributed by atoms with E-state index in [2.05, 4.69) is 24.9 Å². The first kappa shape index (κ1) is 13.2. The van der Waals surface area contributed by atoms with Gasteiger partial charge >= 0.3 is 0 Å². The number of aryl methyl sites for hydroxylation is 1. The third-order valence-electron chi connectivity index (χ3n) is 2.52. The average Bonchev–Trinajstić information content (AvgIpc) is 2.30. The number of hydrogen-bond donors (Lipinski definition) is 2. The molecule has 0 spiro atoms. The summed E-state index contributed by atoms with van der Waals surface area (Å²) in [5.41, 5.74) is 2.41. The minimum Gasteiger partial charge on any atom is -0.497 e. The van der Waals surface area contributed by atoms with Gasteiger partial charge in [0.25, 0.3) is 0 Å². The molecule has 1 aromatic carbocycles. The zero-order valence-electron chi connectivity index (χ0n) is 10.0. The molecule has 1 aromatic rings. The van der Waals surface area contributed by atoms with E-state index in [9.17, 15) is 0 Å². The molecule has 0 aliphatic carbocycles. The van der Waals surface area contributed by atoms with Gasteiger partial charge in [-0.1, -0.05) is 0 Å². The van der Waals surface area contributed by atoms with Gasteiger partial charge in [0, 0.05) is 18.5 Å². The van der Waals surface area contributed by atoms with Gasteiger partial charge in [0.1, 0.15) is 11.5 Å². The van der Waals surface area contributed by atoms with Crippen molar-refractivity contribution in [3.63, 3.8) is 0 Å². The molecule has 1 rings (SSSR count). The van der Waals surface area contributed by atoms with E-state index in [0.29, 0.717) is 5.88 Å². The molecule has 0 bridgehead atoms. The van der Waals surface area contributed by atoms with Crippen LogP contribution in [0.5, 0.6) is 11.5 Å².